The topological polar surface area (TPSA) is 78.3 Å². The summed E-state index contributed by atoms with van der Waals surface area (Å²) in [6, 6.07) is 1.25. The van der Waals surface area contributed by atoms with Crippen molar-refractivity contribution in [3.8, 4) is 22.9 Å². The number of ether oxygens (including phenoxy) is 2. The van der Waals surface area contributed by atoms with Crippen molar-refractivity contribution in [3.05, 3.63) is 23.0 Å². The van der Waals surface area contributed by atoms with Gasteiger partial charge in [0.1, 0.15) is 5.75 Å². The number of amides is 1. The first-order valence-corrected chi connectivity index (χ1v) is 11.7. The summed E-state index contributed by atoms with van der Waals surface area (Å²) in [7, 11) is 1.37. The second-order valence-corrected chi connectivity index (χ2v) is 9.07. The Morgan fingerprint density at radius 3 is 2.59 bits per heavy atom. The highest BCUT2D eigenvalue weighted by molar-refractivity contribution is 6.36. The molecule has 188 valence electrons. The van der Waals surface area contributed by atoms with Crippen LogP contribution in [0.5, 0.6) is 11.6 Å². The number of hydrogen-bond donors (Lipinski definition) is 1. The zero-order valence-corrected chi connectivity index (χ0v) is 20.5. The number of methoxy groups -OCH3 is 1. The van der Waals surface area contributed by atoms with E-state index in [4.69, 9.17) is 21.1 Å². The molecular weight excluding hydrogens is 473 g/mol. The number of nitrogens with one attached hydrogen (secondary N) is 1. The first-order chi connectivity index (χ1) is 16.0. The third-order valence-electron chi connectivity index (χ3n) is 6.17. The van der Waals surface area contributed by atoms with E-state index in [-0.39, 0.29) is 28.3 Å². The van der Waals surface area contributed by atoms with E-state index in [2.05, 4.69) is 22.3 Å². The van der Waals surface area contributed by atoms with Crippen molar-refractivity contribution in [2.45, 2.75) is 65.3 Å². The van der Waals surface area contributed by atoms with Crippen LogP contribution in [0.2, 0.25) is 5.02 Å². The van der Waals surface area contributed by atoms with Gasteiger partial charge in [-0.2, -0.15) is 18.3 Å². The number of halogens is 4. The molecule has 1 amide bonds. The van der Waals surface area contributed by atoms with Crippen LogP contribution in [-0.2, 0) is 6.54 Å². The van der Waals surface area contributed by atoms with Crippen LogP contribution in [0.4, 0.5) is 13.2 Å². The number of nitrogens with zero attached hydrogens (tertiary/aromatic N) is 3. The normalized spacial score (nSPS) is 19.5. The first-order valence-electron chi connectivity index (χ1n) is 11.4. The van der Waals surface area contributed by atoms with Gasteiger partial charge in [0, 0.05) is 25.4 Å². The van der Waals surface area contributed by atoms with E-state index in [1.54, 1.807) is 0 Å². The van der Waals surface area contributed by atoms with E-state index in [0.29, 0.717) is 30.3 Å². The second kappa shape index (κ2) is 10.8. The van der Waals surface area contributed by atoms with Crippen LogP contribution >= 0.6 is 11.6 Å². The lowest BCUT2D eigenvalue weighted by atomic mass is 9.83. The van der Waals surface area contributed by atoms with Gasteiger partial charge in [-0.25, -0.2) is 4.98 Å². The number of alkyl halides is 3. The molecule has 1 aliphatic rings. The average molecular weight is 503 g/mol. The SMILES string of the molecule is CCn1nc(C(=O)NCC2CCC(C)CC2)c(Cl)c1-c1cnc(O[C@@H](C)C(F)(F)F)cc1OC. The minimum Gasteiger partial charge on any atom is -0.496 e. The van der Waals surface area contributed by atoms with Crippen molar-refractivity contribution < 1.29 is 27.4 Å². The van der Waals surface area contributed by atoms with Crippen LogP contribution in [0, 0.1) is 11.8 Å². The number of carbonyl (C=O) groups excluding carboxylic acids is 1. The summed E-state index contributed by atoms with van der Waals surface area (Å²) in [5.74, 6) is 0.731. The maximum absolute atomic E-state index is 12.9. The Morgan fingerprint density at radius 1 is 1.32 bits per heavy atom. The highest BCUT2D eigenvalue weighted by Crippen LogP contribution is 2.38. The number of hydrogen-bond acceptors (Lipinski definition) is 5. The molecule has 2 aromatic rings. The molecular formula is C23H30ClF3N4O3. The van der Waals surface area contributed by atoms with Crippen molar-refractivity contribution >= 4 is 17.5 Å². The number of carbonyl (C=O) groups is 1. The van der Waals surface area contributed by atoms with Gasteiger partial charge in [0.25, 0.3) is 5.91 Å². The monoisotopic (exact) mass is 502 g/mol. The first kappa shape index (κ1) is 26.1. The molecule has 1 N–H and O–H groups in total. The molecule has 0 unspecified atom stereocenters. The smallest absolute Gasteiger partial charge is 0.425 e. The Hall–Kier alpha value is -2.49. The van der Waals surface area contributed by atoms with Gasteiger partial charge in [-0.15, -0.1) is 0 Å². The molecule has 1 atom stereocenters. The van der Waals surface area contributed by atoms with Gasteiger partial charge in [0.2, 0.25) is 5.88 Å². The van der Waals surface area contributed by atoms with Gasteiger partial charge < -0.3 is 14.8 Å². The fourth-order valence-corrected chi connectivity index (χ4v) is 4.33. The van der Waals surface area contributed by atoms with Crippen LogP contribution in [0.1, 0.15) is 56.9 Å². The molecule has 1 aliphatic carbocycles. The summed E-state index contributed by atoms with van der Waals surface area (Å²) in [5, 5.41) is 7.43. The van der Waals surface area contributed by atoms with Crippen molar-refractivity contribution in [3.63, 3.8) is 0 Å². The van der Waals surface area contributed by atoms with Crippen LogP contribution < -0.4 is 14.8 Å². The van der Waals surface area contributed by atoms with Crippen molar-refractivity contribution in [1.82, 2.24) is 20.1 Å². The summed E-state index contributed by atoms with van der Waals surface area (Å²) < 4.78 is 50.3. The van der Waals surface area contributed by atoms with E-state index in [1.807, 2.05) is 6.92 Å². The van der Waals surface area contributed by atoms with Crippen LogP contribution in [0.15, 0.2) is 12.3 Å². The molecule has 3 rings (SSSR count). The van der Waals surface area contributed by atoms with Crippen LogP contribution in [-0.4, -0.2) is 46.6 Å². The Bertz CT molecular complexity index is 1000. The largest absolute Gasteiger partial charge is 0.496 e. The minimum absolute atomic E-state index is 0.0794. The predicted molar refractivity (Wildman–Crippen MR) is 122 cm³/mol. The highest BCUT2D eigenvalue weighted by Gasteiger charge is 2.38. The maximum Gasteiger partial charge on any atom is 0.425 e. The average Bonchev–Trinajstić information content (AvgIpc) is 3.13. The Labute approximate surface area is 202 Å². The van der Waals surface area contributed by atoms with Crippen molar-refractivity contribution in [2.24, 2.45) is 11.8 Å². The van der Waals surface area contributed by atoms with E-state index < -0.39 is 12.3 Å². The summed E-state index contributed by atoms with van der Waals surface area (Å²) in [6.45, 7) is 5.93. The zero-order valence-electron chi connectivity index (χ0n) is 19.7. The van der Waals surface area contributed by atoms with E-state index in [0.717, 1.165) is 38.5 Å². The third-order valence-corrected chi connectivity index (χ3v) is 6.53. The second-order valence-electron chi connectivity index (χ2n) is 8.69. The summed E-state index contributed by atoms with van der Waals surface area (Å²) in [6.07, 6.45) is -0.799. The molecule has 0 radical (unpaired) electrons. The van der Waals surface area contributed by atoms with E-state index in [9.17, 15) is 18.0 Å². The molecule has 1 fully saturated rings. The molecule has 7 nitrogen and oxygen atoms in total. The van der Waals surface area contributed by atoms with Gasteiger partial charge >= 0.3 is 6.18 Å². The number of aromatic nitrogens is 3. The molecule has 11 heteroatoms. The summed E-state index contributed by atoms with van der Waals surface area (Å²) in [4.78, 5) is 16.9. The van der Waals surface area contributed by atoms with Gasteiger partial charge in [0.15, 0.2) is 11.8 Å². The third kappa shape index (κ3) is 5.95. The van der Waals surface area contributed by atoms with Gasteiger partial charge in [-0.1, -0.05) is 31.4 Å². The Balaban J connectivity index is 1.83. The molecule has 0 aliphatic heterocycles. The fourth-order valence-electron chi connectivity index (χ4n) is 4.00. The van der Waals surface area contributed by atoms with Gasteiger partial charge in [-0.3, -0.25) is 9.48 Å². The fraction of sp³-hybridized carbons (Fsp3) is 0.609. The molecule has 0 saturated heterocycles. The van der Waals surface area contributed by atoms with Gasteiger partial charge in [0.05, 0.1) is 23.4 Å². The minimum atomic E-state index is -4.53. The predicted octanol–water partition coefficient (Wildman–Crippen LogP) is 5.51. The molecule has 0 bridgehead atoms. The molecule has 0 aromatic carbocycles. The number of pyridine rings is 1. The number of rotatable bonds is 8. The van der Waals surface area contributed by atoms with Crippen molar-refractivity contribution in [2.75, 3.05) is 13.7 Å². The molecule has 34 heavy (non-hydrogen) atoms. The summed E-state index contributed by atoms with van der Waals surface area (Å²) in [5.41, 5.74) is 0.852. The van der Waals surface area contributed by atoms with Crippen LogP contribution in [0.3, 0.4) is 0 Å². The Kier molecular flexibility index (Phi) is 8.33. The Morgan fingerprint density at radius 2 is 2.00 bits per heavy atom. The molecule has 1 saturated carbocycles. The zero-order chi connectivity index (χ0) is 25.0. The van der Waals surface area contributed by atoms with E-state index >= 15 is 0 Å². The van der Waals surface area contributed by atoms with E-state index in [1.165, 1.54) is 24.1 Å². The lowest BCUT2D eigenvalue weighted by Crippen LogP contribution is -2.31. The van der Waals surface area contributed by atoms with Crippen LogP contribution in [0.25, 0.3) is 11.3 Å². The van der Waals surface area contributed by atoms with Gasteiger partial charge in [-0.05, 0) is 38.5 Å². The number of aryl methyl sites for hydroxylation is 1. The maximum atomic E-state index is 12.9. The summed E-state index contributed by atoms with van der Waals surface area (Å²) >= 11 is 6.58. The molecule has 0 spiro atoms. The quantitative estimate of drug-likeness (QED) is 0.514. The van der Waals surface area contributed by atoms with Crippen molar-refractivity contribution in [1.29, 1.82) is 0 Å². The highest BCUT2D eigenvalue weighted by atomic mass is 35.5. The molecule has 2 heterocycles. The molecule has 2 aromatic heterocycles. The standard InChI is InChI=1S/C23H30ClF3N4O3/c1-5-31-21(16-12-28-18(10-17(16)33-4)34-14(3)23(25,26)27)19(24)20(30-31)22(32)29-11-15-8-6-13(2)7-9-15/h10,12-15H,5-9,11H2,1-4H3,(H,29,32)/t13?,14-,15?/m0/s1. The lowest BCUT2D eigenvalue weighted by Gasteiger charge is -2.26. The lowest BCUT2D eigenvalue weighted by molar-refractivity contribution is -0.190.